The van der Waals surface area contributed by atoms with Gasteiger partial charge in [0.15, 0.2) is 5.60 Å². The number of carbonyl (C=O) groups excluding carboxylic acids is 1. The maximum absolute atomic E-state index is 13.0. The molecule has 0 atom stereocenters. The molecule has 2 aliphatic heterocycles. The van der Waals surface area contributed by atoms with E-state index in [1.54, 1.807) is 6.07 Å². The molecular weight excluding hydrogens is 501 g/mol. The highest BCUT2D eigenvalue weighted by Gasteiger charge is 2.47. The van der Waals surface area contributed by atoms with Gasteiger partial charge in [0.25, 0.3) is 5.91 Å². The van der Waals surface area contributed by atoms with Crippen molar-refractivity contribution < 1.29 is 32.6 Å². The Morgan fingerprint density at radius 2 is 1.76 bits per heavy atom. The molecule has 8 nitrogen and oxygen atoms in total. The lowest BCUT2D eigenvalue weighted by Gasteiger charge is -2.44. The summed E-state index contributed by atoms with van der Waals surface area (Å²) in [7, 11) is 0. The number of imidazole rings is 1. The smallest absolute Gasteiger partial charge is 0.480 e. The van der Waals surface area contributed by atoms with E-state index < -0.39 is 17.7 Å². The number of halogens is 3. The fourth-order valence-corrected chi connectivity index (χ4v) is 4.83. The Hall–Kier alpha value is -3.89. The van der Waals surface area contributed by atoms with E-state index >= 15 is 0 Å². The van der Waals surface area contributed by atoms with Gasteiger partial charge < -0.3 is 19.3 Å². The molecule has 1 amide bonds. The molecule has 2 aliphatic rings. The zero-order chi connectivity index (χ0) is 27.7. The molecule has 0 bridgehead atoms. The molecule has 3 aromatic rings. The number of fused-ring (bicyclic) bond motifs is 4. The minimum absolute atomic E-state index is 0.00864. The lowest BCUT2D eigenvalue weighted by molar-refractivity contribution is -0.192. The van der Waals surface area contributed by atoms with Crippen molar-refractivity contribution in [3.05, 3.63) is 65.9 Å². The Labute approximate surface area is 218 Å². The summed E-state index contributed by atoms with van der Waals surface area (Å²) in [4.78, 5) is 33.1. The van der Waals surface area contributed by atoms with Gasteiger partial charge in [-0.3, -0.25) is 4.79 Å². The molecule has 202 valence electrons. The molecule has 1 saturated heterocycles. The lowest BCUT2D eigenvalue weighted by atomic mass is 9.83. The minimum atomic E-state index is -5.08. The zero-order valence-corrected chi connectivity index (χ0v) is 21.3. The first-order valence-corrected chi connectivity index (χ1v) is 12.3. The van der Waals surface area contributed by atoms with Crippen molar-refractivity contribution in [2.24, 2.45) is 5.92 Å². The van der Waals surface area contributed by atoms with Gasteiger partial charge in [-0.1, -0.05) is 32.0 Å². The van der Waals surface area contributed by atoms with Crippen LogP contribution in [0.15, 0.2) is 48.8 Å². The highest BCUT2D eigenvalue weighted by molar-refractivity contribution is 5.92. The number of nitrogens with zero attached hydrogens (tertiary/aromatic N) is 4. The van der Waals surface area contributed by atoms with Gasteiger partial charge in [-0.2, -0.15) is 13.2 Å². The van der Waals surface area contributed by atoms with Crippen molar-refractivity contribution in [2.45, 2.75) is 51.9 Å². The van der Waals surface area contributed by atoms with E-state index in [1.165, 1.54) is 0 Å². The number of carbonyl (C=O) groups is 2. The molecule has 1 aromatic carbocycles. The van der Waals surface area contributed by atoms with E-state index in [4.69, 9.17) is 19.6 Å². The third kappa shape index (κ3) is 5.51. The number of hydrogen-bond acceptors (Lipinski definition) is 5. The van der Waals surface area contributed by atoms with Gasteiger partial charge in [-0.15, -0.1) is 0 Å². The number of benzene rings is 1. The van der Waals surface area contributed by atoms with Crippen LogP contribution >= 0.6 is 0 Å². The van der Waals surface area contributed by atoms with Crippen LogP contribution < -0.4 is 4.74 Å². The van der Waals surface area contributed by atoms with E-state index in [2.05, 4.69) is 29.5 Å². The van der Waals surface area contributed by atoms with Crippen molar-refractivity contribution in [1.29, 1.82) is 0 Å². The number of aromatic nitrogens is 3. The normalized spacial score (nSPS) is 15.7. The molecule has 1 spiro atoms. The van der Waals surface area contributed by atoms with Crippen LogP contribution in [0.4, 0.5) is 13.2 Å². The fraction of sp³-hybridized carbons (Fsp3) is 0.407. The molecule has 0 radical (unpaired) electrons. The molecule has 1 N–H and O–H groups in total. The lowest BCUT2D eigenvalue weighted by Crippen LogP contribution is -2.50. The van der Waals surface area contributed by atoms with Crippen LogP contribution in [-0.2, 0) is 16.9 Å². The number of amides is 1. The second kappa shape index (κ2) is 10.5. The van der Waals surface area contributed by atoms with Crippen molar-refractivity contribution in [1.82, 2.24) is 19.4 Å². The zero-order valence-electron chi connectivity index (χ0n) is 21.3. The van der Waals surface area contributed by atoms with Gasteiger partial charge in [0.1, 0.15) is 11.4 Å². The van der Waals surface area contributed by atoms with E-state index in [-0.39, 0.29) is 5.91 Å². The number of hydrogen-bond donors (Lipinski definition) is 1. The monoisotopic (exact) mass is 530 g/mol. The van der Waals surface area contributed by atoms with Gasteiger partial charge in [0, 0.05) is 43.7 Å². The number of likely N-dealkylation sites (tertiary alicyclic amines) is 1. The largest absolute Gasteiger partial charge is 0.490 e. The highest BCUT2D eigenvalue weighted by Crippen LogP contribution is 2.49. The first-order chi connectivity index (χ1) is 17.9. The minimum Gasteiger partial charge on any atom is -0.480 e. The summed E-state index contributed by atoms with van der Waals surface area (Å²) in [6.45, 7) is 8.49. The van der Waals surface area contributed by atoms with Gasteiger partial charge >= 0.3 is 12.1 Å². The van der Waals surface area contributed by atoms with E-state index in [9.17, 15) is 18.0 Å². The van der Waals surface area contributed by atoms with Crippen LogP contribution in [0.5, 0.6) is 5.75 Å². The third-order valence-electron chi connectivity index (χ3n) is 6.49. The summed E-state index contributed by atoms with van der Waals surface area (Å²) in [5.41, 5.74) is 4.12. The van der Waals surface area contributed by atoms with Crippen molar-refractivity contribution >= 4 is 11.9 Å². The highest BCUT2D eigenvalue weighted by atomic mass is 19.4. The number of piperidine rings is 1. The summed E-state index contributed by atoms with van der Waals surface area (Å²) in [5, 5.41) is 7.12. The number of carboxylic acid groups (broad SMARTS) is 1. The average molecular weight is 531 g/mol. The van der Waals surface area contributed by atoms with Crippen LogP contribution in [0.2, 0.25) is 0 Å². The summed E-state index contributed by atoms with van der Waals surface area (Å²) in [6.07, 6.45) is -1.67. The van der Waals surface area contributed by atoms with Crippen LogP contribution in [0.25, 0.3) is 11.3 Å². The van der Waals surface area contributed by atoms with Crippen molar-refractivity contribution in [3.8, 4) is 17.0 Å². The molecule has 1 fully saturated rings. The predicted octanol–water partition coefficient (Wildman–Crippen LogP) is 5.07. The molecule has 0 aliphatic carbocycles. The number of para-hydroxylation sites is 1. The Balaban J connectivity index is 0.000000426. The number of ether oxygens (including phenoxy) is 1. The summed E-state index contributed by atoms with van der Waals surface area (Å²) >= 11 is 0. The molecular formula is C27H29F3N4O4. The molecule has 38 heavy (non-hydrogen) atoms. The summed E-state index contributed by atoms with van der Waals surface area (Å²) in [5.74, 6) is -1.38. The van der Waals surface area contributed by atoms with Crippen LogP contribution in [0, 0.1) is 12.8 Å². The van der Waals surface area contributed by atoms with E-state index in [1.807, 2.05) is 48.5 Å². The number of alkyl halides is 3. The van der Waals surface area contributed by atoms with E-state index in [0.717, 1.165) is 47.8 Å². The molecule has 4 heterocycles. The number of aryl methyl sites for hydroxylation is 1. The predicted molar refractivity (Wildman–Crippen MR) is 133 cm³/mol. The molecule has 0 unspecified atom stereocenters. The Bertz CT molecular complexity index is 1330. The Kier molecular flexibility index (Phi) is 7.48. The SMILES string of the molecule is Cc1cccc(C(=O)N2CCC3(CC2)Oc2ccccc2-c2ncn(CC(C)C)c23)n1.O=C(O)C(F)(F)F. The van der Waals surface area contributed by atoms with Gasteiger partial charge in [-0.05, 0) is 37.1 Å². The number of aliphatic carboxylic acids is 1. The number of rotatable bonds is 3. The van der Waals surface area contributed by atoms with Crippen molar-refractivity contribution in [2.75, 3.05) is 13.1 Å². The number of carboxylic acids is 1. The quantitative estimate of drug-likeness (QED) is 0.508. The maximum atomic E-state index is 13.0. The fourth-order valence-electron chi connectivity index (χ4n) is 4.83. The molecule has 11 heteroatoms. The van der Waals surface area contributed by atoms with Crippen LogP contribution in [-0.4, -0.2) is 55.7 Å². The first-order valence-electron chi connectivity index (χ1n) is 12.3. The standard InChI is InChI=1S/C25H28N4O2.C2HF3O2/c1-17(2)15-29-16-26-22-19-8-4-5-10-21(19)31-25(23(22)29)11-13-28(14-12-25)24(30)20-9-6-7-18(3)27-20;3-2(4,5)1(6)7/h4-10,16-17H,11-15H2,1-3H3;(H,6,7). The summed E-state index contributed by atoms with van der Waals surface area (Å²) < 4.78 is 40.7. The van der Waals surface area contributed by atoms with Crippen LogP contribution in [0.3, 0.4) is 0 Å². The summed E-state index contributed by atoms with van der Waals surface area (Å²) in [6, 6.07) is 13.7. The second-order valence-electron chi connectivity index (χ2n) is 9.84. The topological polar surface area (TPSA) is 97.6 Å². The van der Waals surface area contributed by atoms with Gasteiger partial charge in [0.2, 0.25) is 0 Å². The van der Waals surface area contributed by atoms with E-state index in [0.29, 0.717) is 24.7 Å². The molecule has 0 saturated carbocycles. The first kappa shape index (κ1) is 27.2. The average Bonchev–Trinajstić information content (AvgIpc) is 3.28. The Morgan fingerprint density at radius 1 is 1.11 bits per heavy atom. The van der Waals surface area contributed by atoms with Crippen molar-refractivity contribution in [3.63, 3.8) is 0 Å². The van der Waals surface area contributed by atoms with Gasteiger partial charge in [-0.25, -0.2) is 14.8 Å². The second-order valence-corrected chi connectivity index (χ2v) is 9.84. The molecule has 2 aromatic heterocycles. The maximum Gasteiger partial charge on any atom is 0.490 e. The molecule has 5 rings (SSSR count). The Morgan fingerprint density at radius 3 is 2.37 bits per heavy atom. The van der Waals surface area contributed by atoms with Crippen LogP contribution in [0.1, 0.15) is 48.6 Å². The van der Waals surface area contributed by atoms with Gasteiger partial charge in [0.05, 0.1) is 17.7 Å². The number of pyridine rings is 1. The third-order valence-corrected chi connectivity index (χ3v) is 6.49.